The van der Waals surface area contributed by atoms with E-state index in [1.807, 2.05) is 76.2 Å². The highest BCUT2D eigenvalue weighted by molar-refractivity contribution is 5.81. The Hall–Kier alpha value is -2.49. The van der Waals surface area contributed by atoms with E-state index in [1.54, 1.807) is 0 Å². The van der Waals surface area contributed by atoms with Gasteiger partial charge in [0, 0.05) is 0 Å². The lowest BCUT2D eigenvalue weighted by atomic mass is 10.2. The van der Waals surface area contributed by atoms with Gasteiger partial charge in [0.1, 0.15) is 18.1 Å². The summed E-state index contributed by atoms with van der Waals surface area (Å²) in [6.07, 6.45) is 0.0907. The maximum Gasteiger partial charge on any atom is 0.261 e. The Kier molecular flexibility index (Phi) is 6.87. The molecule has 0 aliphatic heterocycles. The maximum atomic E-state index is 12.5. The summed E-state index contributed by atoms with van der Waals surface area (Å²) in [4.78, 5) is 12.5. The quantitative estimate of drug-likeness (QED) is 0.788. The van der Waals surface area contributed by atoms with Crippen molar-refractivity contribution in [2.45, 2.75) is 46.3 Å². The zero-order chi connectivity index (χ0) is 18.2. The van der Waals surface area contributed by atoms with E-state index in [0.717, 1.165) is 22.6 Å². The van der Waals surface area contributed by atoms with Gasteiger partial charge in [-0.15, -0.1) is 0 Å². The van der Waals surface area contributed by atoms with E-state index < -0.39 is 6.10 Å². The maximum absolute atomic E-state index is 12.5. The predicted octanol–water partition coefficient (Wildman–Crippen LogP) is 4.04. The molecule has 0 heterocycles. The molecular formula is C21H27NO3. The summed E-state index contributed by atoms with van der Waals surface area (Å²) in [5.74, 6) is 1.46. The predicted molar refractivity (Wildman–Crippen MR) is 100 cm³/mol. The monoisotopic (exact) mass is 341 g/mol. The number of benzene rings is 2. The van der Waals surface area contributed by atoms with Crippen molar-refractivity contribution in [3.8, 4) is 11.5 Å². The molecule has 1 N–H and O–H groups in total. The van der Waals surface area contributed by atoms with Crippen LogP contribution in [0.3, 0.4) is 0 Å². The SMILES string of the molecule is CC[C@H](Oc1ccccc1C)C(=O)N[C@H](C)COc1ccccc1C. The minimum Gasteiger partial charge on any atom is -0.491 e. The third-order valence-electron chi connectivity index (χ3n) is 4.00. The fraction of sp³-hybridized carbons (Fsp3) is 0.381. The molecule has 25 heavy (non-hydrogen) atoms. The number of hydrogen-bond acceptors (Lipinski definition) is 3. The molecule has 0 fully saturated rings. The third kappa shape index (κ3) is 5.52. The number of amides is 1. The van der Waals surface area contributed by atoms with Gasteiger partial charge in [-0.3, -0.25) is 4.79 Å². The molecule has 2 rings (SSSR count). The minimum absolute atomic E-state index is 0.110. The average molecular weight is 341 g/mol. The van der Waals surface area contributed by atoms with Crippen LogP contribution in [0.15, 0.2) is 48.5 Å². The second-order valence-corrected chi connectivity index (χ2v) is 6.27. The van der Waals surface area contributed by atoms with E-state index in [2.05, 4.69) is 5.32 Å². The second-order valence-electron chi connectivity index (χ2n) is 6.27. The van der Waals surface area contributed by atoms with Gasteiger partial charge in [0.2, 0.25) is 0 Å². The van der Waals surface area contributed by atoms with E-state index in [1.165, 1.54) is 0 Å². The Labute approximate surface area is 150 Å². The normalized spacial score (nSPS) is 13.0. The largest absolute Gasteiger partial charge is 0.491 e. The van der Waals surface area contributed by atoms with Gasteiger partial charge in [0.15, 0.2) is 6.10 Å². The van der Waals surface area contributed by atoms with Crippen LogP contribution in [0.2, 0.25) is 0 Å². The van der Waals surface area contributed by atoms with E-state index in [4.69, 9.17) is 9.47 Å². The molecule has 0 aliphatic carbocycles. The molecule has 2 atom stereocenters. The van der Waals surface area contributed by atoms with Crippen LogP contribution in [0.1, 0.15) is 31.4 Å². The number of hydrogen-bond donors (Lipinski definition) is 1. The number of carbonyl (C=O) groups excluding carboxylic acids is 1. The summed E-state index contributed by atoms with van der Waals surface area (Å²) in [6, 6.07) is 15.5. The summed E-state index contributed by atoms with van der Waals surface area (Å²) in [5.41, 5.74) is 2.10. The summed E-state index contributed by atoms with van der Waals surface area (Å²) in [7, 11) is 0. The number of para-hydroxylation sites is 2. The smallest absolute Gasteiger partial charge is 0.261 e. The molecule has 0 bridgehead atoms. The number of aryl methyl sites for hydroxylation is 2. The molecule has 0 spiro atoms. The van der Waals surface area contributed by atoms with Gasteiger partial charge >= 0.3 is 0 Å². The summed E-state index contributed by atoms with van der Waals surface area (Å²) in [6.45, 7) is 8.26. The Morgan fingerprint density at radius 3 is 2.12 bits per heavy atom. The van der Waals surface area contributed by atoms with Crippen LogP contribution in [-0.4, -0.2) is 24.7 Å². The van der Waals surface area contributed by atoms with Crippen molar-refractivity contribution in [1.29, 1.82) is 0 Å². The van der Waals surface area contributed by atoms with Crippen LogP contribution in [0.4, 0.5) is 0 Å². The van der Waals surface area contributed by atoms with Crippen molar-refractivity contribution in [2.75, 3.05) is 6.61 Å². The Morgan fingerprint density at radius 2 is 1.56 bits per heavy atom. The number of carbonyl (C=O) groups is 1. The molecule has 0 radical (unpaired) electrons. The minimum atomic E-state index is -0.512. The van der Waals surface area contributed by atoms with Crippen LogP contribution in [0.25, 0.3) is 0 Å². The molecule has 0 saturated heterocycles. The molecule has 2 aromatic rings. The van der Waals surface area contributed by atoms with Crippen molar-refractivity contribution < 1.29 is 14.3 Å². The molecule has 0 saturated carbocycles. The topological polar surface area (TPSA) is 47.6 Å². The standard InChI is InChI=1S/C21H27NO3/c1-5-18(25-20-13-9-7-11-16(20)3)21(23)22-17(4)14-24-19-12-8-6-10-15(19)2/h6-13,17-18H,5,14H2,1-4H3,(H,22,23)/t17-,18+/m1/s1. The first kappa shape index (κ1) is 18.8. The fourth-order valence-corrected chi connectivity index (χ4v) is 2.47. The van der Waals surface area contributed by atoms with Gasteiger partial charge in [-0.25, -0.2) is 0 Å². The van der Waals surface area contributed by atoms with E-state index >= 15 is 0 Å². The Bertz CT molecular complexity index is 699. The van der Waals surface area contributed by atoms with Gasteiger partial charge in [0.05, 0.1) is 6.04 Å². The van der Waals surface area contributed by atoms with Crippen LogP contribution in [0.5, 0.6) is 11.5 Å². The highest BCUT2D eigenvalue weighted by atomic mass is 16.5. The first-order chi connectivity index (χ1) is 12.0. The highest BCUT2D eigenvalue weighted by Crippen LogP contribution is 2.19. The molecule has 0 aliphatic rings. The second kappa shape index (κ2) is 9.11. The van der Waals surface area contributed by atoms with Crippen LogP contribution >= 0.6 is 0 Å². The lowest BCUT2D eigenvalue weighted by Crippen LogP contribution is -2.44. The summed E-state index contributed by atoms with van der Waals surface area (Å²) >= 11 is 0. The molecule has 0 aromatic heterocycles. The van der Waals surface area contributed by atoms with Crippen molar-refractivity contribution in [2.24, 2.45) is 0 Å². The average Bonchev–Trinajstić information content (AvgIpc) is 2.60. The van der Waals surface area contributed by atoms with Gasteiger partial charge in [-0.05, 0) is 50.5 Å². The summed E-state index contributed by atoms with van der Waals surface area (Å²) in [5, 5.41) is 2.97. The van der Waals surface area contributed by atoms with Crippen LogP contribution in [0, 0.1) is 13.8 Å². The first-order valence-corrected chi connectivity index (χ1v) is 8.72. The molecule has 134 valence electrons. The van der Waals surface area contributed by atoms with E-state index in [9.17, 15) is 4.79 Å². The zero-order valence-electron chi connectivity index (χ0n) is 15.4. The summed E-state index contributed by atoms with van der Waals surface area (Å²) < 4.78 is 11.7. The molecule has 4 nitrogen and oxygen atoms in total. The Balaban J connectivity index is 1.88. The lowest BCUT2D eigenvalue weighted by molar-refractivity contribution is -0.129. The molecule has 2 aromatic carbocycles. The van der Waals surface area contributed by atoms with Gasteiger partial charge < -0.3 is 14.8 Å². The lowest BCUT2D eigenvalue weighted by Gasteiger charge is -2.21. The zero-order valence-corrected chi connectivity index (χ0v) is 15.4. The van der Waals surface area contributed by atoms with Crippen LogP contribution < -0.4 is 14.8 Å². The van der Waals surface area contributed by atoms with Crippen molar-refractivity contribution in [3.05, 3.63) is 59.7 Å². The van der Waals surface area contributed by atoms with Gasteiger partial charge in [-0.2, -0.15) is 0 Å². The Morgan fingerprint density at radius 1 is 1.00 bits per heavy atom. The molecule has 1 amide bonds. The van der Waals surface area contributed by atoms with Gasteiger partial charge in [-0.1, -0.05) is 43.3 Å². The molecule has 0 unspecified atom stereocenters. The highest BCUT2D eigenvalue weighted by Gasteiger charge is 2.21. The van der Waals surface area contributed by atoms with Gasteiger partial charge in [0.25, 0.3) is 5.91 Å². The first-order valence-electron chi connectivity index (χ1n) is 8.72. The third-order valence-corrected chi connectivity index (χ3v) is 4.00. The van der Waals surface area contributed by atoms with E-state index in [0.29, 0.717) is 13.0 Å². The van der Waals surface area contributed by atoms with Crippen molar-refractivity contribution >= 4 is 5.91 Å². The van der Waals surface area contributed by atoms with Crippen LogP contribution in [-0.2, 0) is 4.79 Å². The fourth-order valence-electron chi connectivity index (χ4n) is 2.47. The number of ether oxygens (including phenoxy) is 2. The number of rotatable bonds is 8. The molecular weight excluding hydrogens is 314 g/mol. The number of nitrogens with one attached hydrogen (secondary N) is 1. The van der Waals surface area contributed by atoms with Crippen molar-refractivity contribution in [1.82, 2.24) is 5.32 Å². The van der Waals surface area contributed by atoms with Crippen molar-refractivity contribution in [3.63, 3.8) is 0 Å². The molecule has 4 heteroatoms. The van der Waals surface area contributed by atoms with E-state index in [-0.39, 0.29) is 11.9 Å².